The second-order valence-electron chi connectivity index (χ2n) is 4.78. The monoisotopic (exact) mass is 341 g/mol. The minimum absolute atomic E-state index is 0.158. The second-order valence-corrected chi connectivity index (χ2v) is 5.86. The van der Waals surface area contributed by atoms with Crippen molar-refractivity contribution in [2.45, 2.75) is 13.8 Å². The Morgan fingerprint density at radius 2 is 1.52 bits per heavy atom. The molecule has 0 aliphatic rings. The number of benzene rings is 2. The summed E-state index contributed by atoms with van der Waals surface area (Å²) in [5, 5.41) is 0.832. The summed E-state index contributed by atoms with van der Waals surface area (Å²) in [7, 11) is 0. The van der Waals surface area contributed by atoms with Crippen molar-refractivity contribution in [3.05, 3.63) is 57.6 Å². The van der Waals surface area contributed by atoms with Gasteiger partial charge in [0.2, 0.25) is 5.91 Å². The summed E-state index contributed by atoms with van der Waals surface area (Å²) in [6, 6.07) is 11.1. The molecule has 0 aromatic heterocycles. The zero-order valence-electron chi connectivity index (χ0n) is 11.7. The number of carbonyl (C=O) groups excluding carboxylic acids is 1. The number of nitrogens with zero attached hydrogens (tertiary/aromatic N) is 1. The van der Waals surface area contributed by atoms with Gasteiger partial charge in [-0.25, -0.2) is 0 Å². The Balaban J connectivity index is 2.62. The fourth-order valence-electron chi connectivity index (χ4n) is 2.06. The molecule has 0 bridgehead atoms. The molecule has 110 valence electrons. The van der Waals surface area contributed by atoms with E-state index in [0.29, 0.717) is 21.4 Å². The predicted octanol–water partition coefficient (Wildman–Crippen LogP) is 5.51. The Bertz CT molecular complexity index is 645. The first-order chi connectivity index (χ1) is 9.93. The molecule has 2 aromatic rings. The van der Waals surface area contributed by atoms with Gasteiger partial charge in [0.1, 0.15) is 5.88 Å². The van der Waals surface area contributed by atoms with E-state index in [4.69, 9.17) is 34.8 Å². The van der Waals surface area contributed by atoms with Crippen molar-refractivity contribution in [2.75, 3.05) is 10.8 Å². The molecule has 0 N–H and O–H groups in total. The molecule has 0 saturated heterocycles. The molecule has 0 fully saturated rings. The maximum Gasteiger partial charge on any atom is 0.246 e. The van der Waals surface area contributed by atoms with Gasteiger partial charge in [-0.1, -0.05) is 40.9 Å². The maximum absolute atomic E-state index is 12.3. The summed E-state index contributed by atoms with van der Waals surface area (Å²) >= 11 is 18.3. The van der Waals surface area contributed by atoms with E-state index >= 15 is 0 Å². The van der Waals surface area contributed by atoms with Gasteiger partial charge in [0.05, 0.1) is 15.7 Å². The van der Waals surface area contributed by atoms with Crippen LogP contribution in [0.5, 0.6) is 0 Å². The lowest BCUT2D eigenvalue weighted by Crippen LogP contribution is -2.27. The first kappa shape index (κ1) is 16.2. The molecule has 2 rings (SSSR count). The van der Waals surface area contributed by atoms with Crippen LogP contribution in [0.3, 0.4) is 0 Å². The van der Waals surface area contributed by atoms with Crippen molar-refractivity contribution >= 4 is 52.1 Å². The zero-order valence-corrected chi connectivity index (χ0v) is 13.9. The first-order valence-corrected chi connectivity index (χ1v) is 7.64. The summed E-state index contributed by atoms with van der Waals surface area (Å²) in [6.45, 7) is 3.87. The van der Waals surface area contributed by atoms with Gasteiger partial charge in [-0.05, 0) is 43.7 Å². The number of anilines is 2. The number of rotatable bonds is 3. The molecule has 5 heteroatoms. The van der Waals surface area contributed by atoms with Crippen LogP contribution >= 0.6 is 34.8 Å². The standard InChI is InChI=1S/C16H14Cl3NO/c1-10-3-5-12(6-4-10)20(15(21)9-17)16-13(18)7-11(2)8-14(16)19/h3-8H,9H2,1-2H3. The Morgan fingerprint density at radius 1 is 1.00 bits per heavy atom. The van der Waals surface area contributed by atoms with E-state index in [2.05, 4.69) is 0 Å². The van der Waals surface area contributed by atoms with Crippen LogP contribution in [0.2, 0.25) is 10.0 Å². The molecule has 0 spiro atoms. The van der Waals surface area contributed by atoms with Gasteiger partial charge in [-0.2, -0.15) is 0 Å². The lowest BCUT2D eigenvalue weighted by molar-refractivity contribution is -0.115. The summed E-state index contributed by atoms with van der Waals surface area (Å²) in [5.41, 5.74) is 3.16. The van der Waals surface area contributed by atoms with Gasteiger partial charge in [-0.15, -0.1) is 11.6 Å². The van der Waals surface area contributed by atoms with Gasteiger partial charge >= 0.3 is 0 Å². The first-order valence-electron chi connectivity index (χ1n) is 6.35. The highest BCUT2D eigenvalue weighted by Gasteiger charge is 2.22. The molecule has 0 saturated carbocycles. The highest BCUT2D eigenvalue weighted by Crippen LogP contribution is 2.39. The van der Waals surface area contributed by atoms with Crippen LogP contribution in [0.15, 0.2) is 36.4 Å². The third-order valence-corrected chi connectivity index (χ3v) is 3.85. The quantitative estimate of drug-likeness (QED) is 0.673. The third-order valence-electron chi connectivity index (χ3n) is 3.04. The van der Waals surface area contributed by atoms with E-state index in [1.165, 1.54) is 4.90 Å². The lowest BCUT2D eigenvalue weighted by atomic mass is 10.1. The molecule has 0 radical (unpaired) electrons. The van der Waals surface area contributed by atoms with Crippen molar-refractivity contribution in [2.24, 2.45) is 0 Å². The molecule has 21 heavy (non-hydrogen) atoms. The van der Waals surface area contributed by atoms with Crippen LogP contribution in [0, 0.1) is 13.8 Å². The predicted molar refractivity (Wildman–Crippen MR) is 90.2 cm³/mol. The van der Waals surface area contributed by atoms with Gasteiger partial charge in [0, 0.05) is 5.69 Å². The Kier molecular flexibility index (Phi) is 5.15. The van der Waals surface area contributed by atoms with E-state index in [-0.39, 0.29) is 11.8 Å². The van der Waals surface area contributed by atoms with E-state index in [9.17, 15) is 4.79 Å². The topological polar surface area (TPSA) is 20.3 Å². The minimum atomic E-state index is -0.284. The van der Waals surface area contributed by atoms with Gasteiger partial charge in [0.25, 0.3) is 0 Å². The number of alkyl halides is 1. The van der Waals surface area contributed by atoms with Crippen molar-refractivity contribution in [1.29, 1.82) is 0 Å². The number of amides is 1. The lowest BCUT2D eigenvalue weighted by Gasteiger charge is -2.24. The van der Waals surface area contributed by atoms with Crippen LogP contribution in [0.25, 0.3) is 0 Å². The summed E-state index contributed by atoms with van der Waals surface area (Å²) in [4.78, 5) is 13.7. The van der Waals surface area contributed by atoms with Crippen LogP contribution < -0.4 is 4.90 Å². The van der Waals surface area contributed by atoms with Crippen molar-refractivity contribution in [1.82, 2.24) is 0 Å². The fourth-order valence-corrected chi connectivity index (χ4v) is 2.94. The smallest absolute Gasteiger partial charge is 0.246 e. The summed E-state index contributed by atoms with van der Waals surface area (Å²) in [5.74, 6) is -0.442. The number of carbonyl (C=O) groups is 1. The molecule has 0 aliphatic carbocycles. The number of hydrogen-bond donors (Lipinski definition) is 0. The molecule has 0 heterocycles. The van der Waals surface area contributed by atoms with E-state index in [1.54, 1.807) is 12.1 Å². The van der Waals surface area contributed by atoms with Crippen molar-refractivity contribution < 1.29 is 4.79 Å². The summed E-state index contributed by atoms with van der Waals surface area (Å²) < 4.78 is 0. The Labute approximate surface area is 139 Å². The van der Waals surface area contributed by atoms with E-state index in [1.807, 2.05) is 38.1 Å². The molecule has 0 unspecified atom stereocenters. The second kappa shape index (κ2) is 6.69. The largest absolute Gasteiger partial charge is 0.277 e. The zero-order chi connectivity index (χ0) is 15.6. The molecule has 0 atom stereocenters. The molecule has 1 amide bonds. The van der Waals surface area contributed by atoms with Gasteiger partial charge in [-0.3, -0.25) is 9.69 Å². The average Bonchev–Trinajstić information content (AvgIpc) is 2.43. The van der Waals surface area contributed by atoms with E-state index in [0.717, 1.165) is 11.1 Å². The third kappa shape index (κ3) is 3.52. The molecule has 2 aromatic carbocycles. The highest BCUT2D eigenvalue weighted by atomic mass is 35.5. The minimum Gasteiger partial charge on any atom is -0.277 e. The number of aryl methyl sites for hydroxylation is 2. The Hall–Kier alpha value is -1.22. The fraction of sp³-hybridized carbons (Fsp3) is 0.188. The Morgan fingerprint density at radius 3 is 2.00 bits per heavy atom. The van der Waals surface area contributed by atoms with Gasteiger partial charge < -0.3 is 0 Å². The highest BCUT2D eigenvalue weighted by molar-refractivity contribution is 6.41. The summed E-state index contributed by atoms with van der Waals surface area (Å²) in [6.07, 6.45) is 0. The SMILES string of the molecule is Cc1ccc(N(C(=O)CCl)c2c(Cl)cc(C)cc2Cl)cc1. The van der Waals surface area contributed by atoms with E-state index < -0.39 is 0 Å². The van der Waals surface area contributed by atoms with Crippen LogP contribution in [0.1, 0.15) is 11.1 Å². The molecule has 2 nitrogen and oxygen atoms in total. The van der Waals surface area contributed by atoms with Crippen LogP contribution in [-0.2, 0) is 4.79 Å². The van der Waals surface area contributed by atoms with Crippen LogP contribution in [-0.4, -0.2) is 11.8 Å². The molecular weight excluding hydrogens is 329 g/mol. The number of halogens is 3. The number of hydrogen-bond acceptors (Lipinski definition) is 1. The maximum atomic E-state index is 12.3. The normalized spacial score (nSPS) is 10.5. The van der Waals surface area contributed by atoms with Gasteiger partial charge in [0.15, 0.2) is 0 Å². The van der Waals surface area contributed by atoms with Crippen LogP contribution in [0.4, 0.5) is 11.4 Å². The average molecular weight is 343 g/mol. The molecular formula is C16H14Cl3NO. The molecule has 0 aliphatic heterocycles. The van der Waals surface area contributed by atoms with Crippen molar-refractivity contribution in [3.8, 4) is 0 Å². The van der Waals surface area contributed by atoms with Crippen molar-refractivity contribution in [3.63, 3.8) is 0 Å².